The van der Waals surface area contributed by atoms with E-state index in [1.54, 1.807) is 19.0 Å². The van der Waals surface area contributed by atoms with Crippen LogP contribution in [0.3, 0.4) is 0 Å². The van der Waals surface area contributed by atoms with Crippen LogP contribution in [0.15, 0.2) is 0 Å². The van der Waals surface area contributed by atoms with E-state index in [9.17, 15) is 14.4 Å². The Labute approximate surface area is 125 Å². The Balaban J connectivity index is 2.74. The van der Waals surface area contributed by atoms with Gasteiger partial charge in [-0.1, -0.05) is 6.92 Å². The van der Waals surface area contributed by atoms with Crippen LogP contribution in [-0.2, 0) is 9.59 Å². The molecule has 0 aromatic rings. The number of rotatable bonds is 6. The maximum absolute atomic E-state index is 12.6. The number of likely N-dealkylation sites (tertiary alicyclic amines) is 1. The molecule has 0 spiro atoms. The first-order valence-corrected chi connectivity index (χ1v) is 7.34. The minimum Gasteiger partial charge on any atom is -0.481 e. The van der Waals surface area contributed by atoms with Crippen molar-refractivity contribution in [2.45, 2.75) is 38.6 Å². The first-order chi connectivity index (χ1) is 9.86. The molecule has 0 radical (unpaired) electrons. The number of urea groups is 1. The predicted octanol–water partition coefficient (Wildman–Crippen LogP) is 0.846. The van der Waals surface area contributed by atoms with Gasteiger partial charge in [-0.2, -0.15) is 0 Å². The lowest BCUT2D eigenvalue weighted by molar-refractivity contribution is -0.138. The molecule has 1 unspecified atom stereocenters. The average molecular weight is 299 g/mol. The number of aliphatic carboxylic acids is 1. The molecule has 1 aliphatic heterocycles. The fraction of sp³-hybridized carbons (Fsp3) is 0.786. The number of nitrogens with zero attached hydrogens (tertiary/aromatic N) is 3. The second-order valence-corrected chi connectivity index (χ2v) is 5.58. The van der Waals surface area contributed by atoms with Gasteiger partial charge in [0.05, 0.1) is 6.42 Å². The number of hydrogen-bond acceptors (Lipinski definition) is 3. The van der Waals surface area contributed by atoms with Gasteiger partial charge in [0.15, 0.2) is 0 Å². The van der Waals surface area contributed by atoms with Crippen LogP contribution in [0.5, 0.6) is 0 Å². The van der Waals surface area contributed by atoms with Crippen LogP contribution >= 0.6 is 0 Å². The Hall–Kier alpha value is -1.79. The number of amides is 3. The van der Waals surface area contributed by atoms with Gasteiger partial charge in [0, 0.05) is 33.2 Å². The Kier molecular flexibility index (Phi) is 6.45. The summed E-state index contributed by atoms with van der Waals surface area (Å²) in [6.45, 7) is 3.04. The molecule has 21 heavy (non-hydrogen) atoms. The van der Waals surface area contributed by atoms with Crippen molar-refractivity contribution < 1.29 is 19.5 Å². The van der Waals surface area contributed by atoms with Crippen LogP contribution in [0.1, 0.15) is 32.6 Å². The van der Waals surface area contributed by atoms with Crippen molar-refractivity contribution in [3.63, 3.8) is 0 Å². The first kappa shape index (κ1) is 17.3. The van der Waals surface area contributed by atoms with Crippen LogP contribution in [0, 0.1) is 0 Å². The molecular formula is C14H25N3O4. The zero-order valence-electron chi connectivity index (χ0n) is 13.0. The summed E-state index contributed by atoms with van der Waals surface area (Å²) in [6, 6.07) is -0.486. The minimum atomic E-state index is -0.897. The van der Waals surface area contributed by atoms with Crippen molar-refractivity contribution in [3.05, 3.63) is 0 Å². The predicted molar refractivity (Wildman–Crippen MR) is 77.9 cm³/mol. The monoisotopic (exact) mass is 299 g/mol. The van der Waals surface area contributed by atoms with Crippen LogP contribution < -0.4 is 0 Å². The largest absolute Gasteiger partial charge is 0.481 e. The molecule has 1 heterocycles. The number of likely N-dealkylation sites (N-methyl/N-ethyl adjacent to an activating group) is 1. The molecule has 1 saturated heterocycles. The Bertz CT molecular complexity index is 398. The first-order valence-electron chi connectivity index (χ1n) is 7.34. The molecule has 0 saturated carbocycles. The van der Waals surface area contributed by atoms with Gasteiger partial charge in [0.25, 0.3) is 0 Å². The van der Waals surface area contributed by atoms with Gasteiger partial charge in [-0.25, -0.2) is 4.79 Å². The molecule has 7 heteroatoms. The standard InChI is InChI=1S/C14H25N3O4/c1-4-7-16(10-12(18)15(2)3)14(21)17-8-5-6-11(17)9-13(19)20/h11H,4-10H2,1-3H3,(H,19,20). The summed E-state index contributed by atoms with van der Waals surface area (Å²) in [7, 11) is 3.31. The summed E-state index contributed by atoms with van der Waals surface area (Å²) >= 11 is 0. The second kappa shape index (κ2) is 7.85. The molecule has 7 nitrogen and oxygen atoms in total. The summed E-state index contributed by atoms with van der Waals surface area (Å²) in [6.07, 6.45) is 2.24. The summed E-state index contributed by atoms with van der Waals surface area (Å²) in [4.78, 5) is 39.8. The lowest BCUT2D eigenvalue weighted by Crippen LogP contribution is -2.49. The average Bonchev–Trinajstić information content (AvgIpc) is 2.84. The lowest BCUT2D eigenvalue weighted by atomic mass is 10.1. The summed E-state index contributed by atoms with van der Waals surface area (Å²) in [5, 5.41) is 8.92. The highest BCUT2D eigenvalue weighted by atomic mass is 16.4. The smallest absolute Gasteiger partial charge is 0.320 e. The van der Waals surface area contributed by atoms with E-state index in [1.807, 2.05) is 6.92 Å². The summed E-state index contributed by atoms with van der Waals surface area (Å²) < 4.78 is 0. The van der Waals surface area contributed by atoms with E-state index in [0.29, 0.717) is 19.5 Å². The van der Waals surface area contributed by atoms with Crippen LogP contribution in [0.2, 0.25) is 0 Å². The molecular weight excluding hydrogens is 274 g/mol. The van der Waals surface area contributed by atoms with E-state index in [-0.39, 0.29) is 30.9 Å². The van der Waals surface area contributed by atoms with Crippen molar-refractivity contribution in [2.75, 3.05) is 33.7 Å². The molecule has 0 aliphatic carbocycles. The van der Waals surface area contributed by atoms with Crippen LogP contribution in [0.25, 0.3) is 0 Å². The van der Waals surface area contributed by atoms with Crippen molar-refractivity contribution in [1.29, 1.82) is 0 Å². The number of hydrogen-bond donors (Lipinski definition) is 1. The maximum atomic E-state index is 12.6. The Morgan fingerprint density at radius 1 is 1.29 bits per heavy atom. The number of carboxylic acid groups (broad SMARTS) is 1. The zero-order valence-corrected chi connectivity index (χ0v) is 13.0. The van der Waals surface area contributed by atoms with Crippen molar-refractivity contribution >= 4 is 17.9 Å². The maximum Gasteiger partial charge on any atom is 0.320 e. The molecule has 0 bridgehead atoms. The van der Waals surface area contributed by atoms with E-state index in [4.69, 9.17) is 5.11 Å². The van der Waals surface area contributed by atoms with Crippen molar-refractivity contribution in [3.8, 4) is 0 Å². The van der Waals surface area contributed by atoms with Gasteiger partial charge in [-0.15, -0.1) is 0 Å². The van der Waals surface area contributed by atoms with E-state index < -0.39 is 5.97 Å². The number of carboxylic acids is 1. The molecule has 3 amide bonds. The third-order valence-corrected chi connectivity index (χ3v) is 3.62. The molecule has 1 N–H and O–H groups in total. The van der Waals surface area contributed by atoms with Crippen LogP contribution in [0.4, 0.5) is 4.79 Å². The van der Waals surface area contributed by atoms with Crippen molar-refractivity contribution in [1.82, 2.24) is 14.7 Å². The van der Waals surface area contributed by atoms with E-state index in [2.05, 4.69) is 0 Å². The molecule has 1 rings (SSSR count). The fourth-order valence-electron chi connectivity index (χ4n) is 2.50. The highest BCUT2D eigenvalue weighted by Gasteiger charge is 2.33. The molecule has 1 atom stereocenters. The van der Waals surface area contributed by atoms with Gasteiger partial charge >= 0.3 is 12.0 Å². The van der Waals surface area contributed by atoms with Gasteiger partial charge < -0.3 is 19.8 Å². The van der Waals surface area contributed by atoms with Gasteiger partial charge in [0.1, 0.15) is 6.54 Å². The molecule has 0 aromatic heterocycles. The third kappa shape index (κ3) is 4.91. The molecule has 1 aliphatic rings. The Morgan fingerprint density at radius 2 is 1.95 bits per heavy atom. The summed E-state index contributed by atoms with van der Waals surface area (Å²) in [5.41, 5.74) is 0. The number of carbonyl (C=O) groups excluding carboxylic acids is 2. The van der Waals surface area contributed by atoms with Gasteiger partial charge in [-0.3, -0.25) is 9.59 Å². The molecule has 120 valence electrons. The van der Waals surface area contributed by atoms with Gasteiger partial charge in [-0.05, 0) is 19.3 Å². The molecule has 1 fully saturated rings. The fourth-order valence-corrected chi connectivity index (χ4v) is 2.50. The van der Waals surface area contributed by atoms with E-state index in [1.165, 1.54) is 9.80 Å². The minimum absolute atomic E-state index is 0.0344. The summed E-state index contributed by atoms with van der Waals surface area (Å²) in [5.74, 6) is -1.03. The van der Waals surface area contributed by atoms with Gasteiger partial charge in [0.2, 0.25) is 5.91 Å². The van der Waals surface area contributed by atoms with Crippen molar-refractivity contribution in [2.24, 2.45) is 0 Å². The number of carbonyl (C=O) groups is 3. The normalized spacial score (nSPS) is 17.7. The molecule has 0 aromatic carbocycles. The quantitative estimate of drug-likeness (QED) is 0.788. The highest BCUT2D eigenvalue weighted by molar-refractivity contribution is 5.84. The second-order valence-electron chi connectivity index (χ2n) is 5.58. The highest BCUT2D eigenvalue weighted by Crippen LogP contribution is 2.22. The zero-order chi connectivity index (χ0) is 16.0. The topological polar surface area (TPSA) is 81.2 Å². The Morgan fingerprint density at radius 3 is 2.48 bits per heavy atom. The van der Waals surface area contributed by atoms with Crippen LogP contribution in [-0.4, -0.2) is 77.5 Å². The lowest BCUT2D eigenvalue weighted by Gasteiger charge is -2.31. The van der Waals surface area contributed by atoms with E-state index >= 15 is 0 Å². The van der Waals surface area contributed by atoms with E-state index in [0.717, 1.165) is 12.8 Å². The third-order valence-electron chi connectivity index (χ3n) is 3.62. The SMILES string of the molecule is CCCN(CC(=O)N(C)C)C(=O)N1CCCC1CC(=O)O.